The Balaban J connectivity index is 1.32. The number of rotatable bonds is 6. The van der Waals surface area contributed by atoms with Crippen LogP contribution in [0, 0.1) is 0 Å². The molecule has 2 aliphatic heterocycles. The van der Waals surface area contributed by atoms with Crippen molar-refractivity contribution in [3.63, 3.8) is 0 Å². The number of guanidine groups is 1. The minimum atomic E-state index is 0.617. The highest BCUT2D eigenvalue weighted by Crippen LogP contribution is 2.17. The van der Waals surface area contributed by atoms with Crippen LogP contribution in [0.5, 0.6) is 0 Å². The lowest BCUT2D eigenvalue weighted by Crippen LogP contribution is -2.46. The maximum atomic E-state index is 5.50. The van der Waals surface area contributed by atoms with Gasteiger partial charge in [-0.15, -0.1) is 0 Å². The summed E-state index contributed by atoms with van der Waals surface area (Å²) in [5.41, 5.74) is 2.29. The fourth-order valence-electron chi connectivity index (χ4n) is 4.10. The van der Waals surface area contributed by atoms with Crippen LogP contribution < -0.4 is 5.32 Å². The second-order valence-electron chi connectivity index (χ2n) is 7.65. The number of benzene rings is 1. The van der Waals surface area contributed by atoms with Crippen LogP contribution in [-0.4, -0.2) is 84.1 Å². The molecule has 156 valence electrons. The van der Waals surface area contributed by atoms with Gasteiger partial charge < -0.3 is 15.0 Å². The number of aliphatic imine (C=N–C) groups is 1. The topological polar surface area (TPSA) is 57.9 Å². The summed E-state index contributed by atoms with van der Waals surface area (Å²) in [7, 11) is 0. The number of nitrogens with one attached hydrogen (secondary N) is 1. The first-order valence-corrected chi connectivity index (χ1v) is 10.8. The molecule has 2 aliphatic rings. The third-order valence-corrected chi connectivity index (χ3v) is 5.68. The molecule has 0 radical (unpaired) electrons. The molecule has 1 N–H and O–H groups in total. The van der Waals surface area contributed by atoms with Crippen LogP contribution in [-0.2, 0) is 11.2 Å². The number of nitrogens with zero attached hydrogens (tertiary/aromatic N) is 5. The quantitative estimate of drug-likeness (QED) is 0.596. The first-order valence-electron chi connectivity index (χ1n) is 10.8. The van der Waals surface area contributed by atoms with E-state index in [0.29, 0.717) is 6.04 Å². The van der Waals surface area contributed by atoms with Crippen LogP contribution in [0.25, 0.3) is 5.69 Å². The van der Waals surface area contributed by atoms with Gasteiger partial charge in [0.2, 0.25) is 0 Å². The molecule has 1 aromatic heterocycles. The van der Waals surface area contributed by atoms with E-state index < -0.39 is 0 Å². The summed E-state index contributed by atoms with van der Waals surface area (Å²) in [6.07, 6.45) is 6.14. The number of aromatic nitrogens is 2. The molecule has 2 aromatic rings. The Morgan fingerprint density at radius 1 is 1.21 bits per heavy atom. The Kier molecular flexibility index (Phi) is 6.79. The fourth-order valence-corrected chi connectivity index (χ4v) is 4.10. The van der Waals surface area contributed by atoms with Gasteiger partial charge in [0.25, 0.3) is 0 Å². The smallest absolute Gasteiger partial charge is 0.193 e. The second-order valence-corrected chi connectivity index (χ2v) is 7.65. The predicted octanol–water partition coefficient (Wildman–Crippen LogP) is 1.79. The number of hydrogen-bond acceptors (Lipinski definition) is 4. The molecular formula is C22H32N6O. The van der Waals surface area contributed by atoms with E-state index in [-0.39, 0.29) is 0 Å². The molecule has 0 spiro atoms. The lowest BCUT2D eigenvalue weighted by Gasteiger charge is -2.32. The highest BCUT2D eigenvalue weighted by molar-refractivity contribution is 5.80. The minimum Gasteiger partial charge on any atom is -0.379 e. The monoisotopic (exact) mass is 396 g/mol. The Bertz CT molecular complexity index is 784. The van der Waals surface area contributed by atoms with Crippen LogP contribution >= 0.6 is 0 Å². The largest absolute Gasteiger partial charge is 0.379 e. The first kappa shape index (κ1) is 19.9. The summed E-state index contributed by atoms with van der Waals surface area (Å²) in [6, 6.07) is 10.8. The minimum absolute atomic E-state index is 0.617. The van der Waals surface area contributed by atoms with Crippen molar-refractivity contribution >= 4 is 5.96 Å². The lowest BCUT2D eigenvalue weighted by atomic mass is 10.2. The Morgan fingerprint density at radius 3 is 2.83 bits per heavy atom. The van der Waals surface area contributed by atoms with Gasteiger partial charge in [0.05, 0.1) is 25.1 Å². The van der Waals surface area contributed by atoms with E-state index in [1.54, 1.807) is 0 Å². The zero-order valence-electron chi connectivity index (χ0n) is 17.3. The molecule has 2 saturated heterocycles. The summed E-state index contributed by atoms with van der Waals surface area (Å²) >= 11 is 0. The molecule has 3 heterocycles. The van der Waals surface area contributed by atoms with E-state index >= 15 is 0 Å². The van der Waals surface area contributed by atoms with Gasteiger partial charge in [-0.05, 0) is 37.5 Å². The molecular weight excluding hydrogens is 364 g/mol. The van der Waals surface area contributed by atoms with Gasteiger partial charge in [-0.3, -0.25) is 9.89 Å². The normalized spacial score (nSPS) is 20.9. The highest BCUT2D eigenvalue weighted by atomic mass is 16.5. The van der Waals surface area contributed by atoms with Crippen LogP contribution in [0.15, 0.2) is 47.7 Å². The van der Waals surface area contributed by atoms with E-state index in [2.05, 4.69) is 45.5 Å². The summed E-state index contributed by atoms with van der Waals surface area (Å²) < 4.78 is 7.43. The number of hydrogen-bond donors (Lipinski definition) is 1. The van der Waals surface area contributed by atoms with Crippen molar-refractivity contribution in [2.24, 2.45) is 4.99 Å². The van der Waals surface area contributed by atoms with Crippen molar-refractivity contribution in [3.05, 3.63) is 48.3 Å². The average molecular weight is 397 g/mol. The van der Waals surface area contributed by atoms with E-state index in [4.69, 9.17) is 9.73 Å². The maximum Gasteiger partial charge on any atom is 0.193 e. The Hall–Kier alpha value is -2.38. The van der Waals surface area contributed by atoms with Gasteiger partial charge in [-0.25, -0.2) is 4.68 Å². The molecule has 0 saturated carbocycles. The summed E-state index contributed by atoms with van der Waals surface area (Å²) in [5, 5.41) is 7.96. The highest BCUT2D eigenvalue weighted by Gasteiger charge is 2.30. The van der Waals surface area contributed by atoms with Crippen molar-refractivity contribution in [1.29, 1.82) is 0 Å². The molecule has 4 rings (SSSR count). The number of ether oxygens (including phenoxy) is 1. The van der Waals surface area contributed by atoms with Gasteiger partial charge in [-0.2, -0.15) is 5.10 Å². The molecule has 0 aliphatic carbocycles. The molecule has 29 heavy (non-hydrogen) atoms. The third-order valence-electron chi connectivity index (χ3n) is 5.68. The SMILES string of the molecule is CCNC(=NCCc1cnn(-c2ccccc2)c1)N1CCC(N2CCOCC2)C1. The zero-order valence-corrected chi connectivity index (χ0v) is 17.3. The molecule has 1 unspecified atom stereocenters. The number of morpholine rings is 1. The molecule has 1 aromatic carbocycles. The Labute approximate surface area is 173 Å². The van der Waals surface area contributed by atoms with Crippen molar-refractivity contribution in [1.82, 2.24) is 24.9 Å². The first-order chi connectivity index (χ1) is 14.3. The van der Waals surface area contributed by atoms with Crippen molar-refractivity contribution in [3.8, 4) is 5.69 Å². The molecule has 7 nitrogen and oxygen atoms in total. The van der Waals surface area contributed by atoms with Crippen molar-refractivity contribution in [2.75, 3.05) is 52.5 Å². The van der Waals surface area contributed by atoms with E-state index in [1.807, 2.05) is 29.1 Å². The van der Waals surface area contributed by atoms with Gasteiger partial charge in [0, 0.05) is 51.5 Å². The van der Waals surface area contributed by atoms with Crippen LogP contribution in [0.3, 0.4) is 0 Å². The van der Waals surface area contributed by atoms with E-state index in [9.17, 15) is 0 Å². The maximum absolute atomic E-state index is 5.50. The molecule has 7 heteroatoms. The molecule has 2 fully saturated rings. The zero-order chi connectivity index (χ0) is 19.9. The van der Waals surface area contributed by atoms with Crippen LogP contribution in [0.4, 0.5) is 0 Å². The van der Waals surface area contributed by atoms with Crippen molar-refractivity contribution < 1.29 is 4.74 Å². The number of para-hydroxylation sites is 1. The number of likely N-dealkylation sites (tertiary alicyclic amines) is 1. The molecule has 1 atom stereocenters. The molecule has 0 bridgehead atoms. The lowest BCUT2D eigenvalue weighted by molar-refractivity contribution is 0.0195. The van der Waals surface area contributed by atoms with Gasteiger partial charge in [0.1, 0.15) is 0 Å². The van der Waals surface area contributed by atoms with Crippen LogP contribution in [0.2, 0.25) is 0 Å². The third kappa shape index (κ3) is 5.16. The van der Waals surface area contributed by atoms with E-state index in [0.717, 1.165) is 70.6 Å². The van der Waals surface area contributed by atoms with Gasteiger partial charge in [0.15, 0.2) is 5.96 Å². The summed E-state index contributed by atoms with van der Waals surface area (Å²) in [5.74, 6) is 1.04. The van der Waals surface area contributed by atoms with Gasteiger partial charge >= 0.3 is 0 Å². The summed E-state index contributed by atoms with van der Waals surface area (Å²) in [6.45, 7) is 9.75. The van der Waals surface area contributed by atoms with Gasteiger partial charge in [-0.1, -0.05) is 18.2 Å². The second kappa shape index (κ2) is 9.89. The Morgan fingerprint density at radius 2 is 2.03 bits per heavy atom. The van der Waals surface area contributed by atoms with E-state index in [1.165, 1.54) is 12.0 Å². The predicted molar refractivity (Wildman–Crippen MR) is 116 cm³/mol. The van der Waals surface area contributed by atoms with Crippen molar-refractivity contribution in [2.45, 2.75) is 25.8 Å². The average Bonchev–Trinajstić information content (AvgIpc) is 3.45. The molecule has 0 amide bonds. The summed E-state index contributed by atoms with van der Waals surface area (Å²) in [4.78, 5) is 9.89. The standard InChI is InChI=1S/C22H32N6O/c1-2-23-22(27-11-9-21(18-27)26-12-14-29-15-13-26)24-10-8-19-16-25-28(17-19)20-6-4-3-5-7-20/h3-7,16-17,21H,2,8-15,18H2,1H3,(H,23,24). The van der Waals surface area contributed by atoms with Crippen LogP contribution in [0.1, 0.15) is 18.9 Å². The fraction of sp³-hybridized carbons (Fsp3) is 0.545.